The molecule has 0 radical (unpaired) electrons. The lowest BCUT2D eigenvalue weighted by atomic mass is 10.1. The molecule has 106 valence electrons. The molecule has 1 N–H and O–H groups in total. The Balaban J connectivity index is 3.11. The Hall–Kier alpha value is -1.13. The third-order valence-corrected chi connectivity index (χ3v) is 3.18. The quantitative estimate of drug-likeness (QED) is 0.909. The predicted octanol–water partition coefficient (Wildman–Crippen LogP) is 3.08. The first kappa shape index (κ1) is 15.9. The lowest BCUT2D eigenvalue weighted by Gasteiger charge is -2.15. The van der Waals surface area contributed by atoms with Crippen molar-refractivity contribution < 1.29 is 14.3 Å². The molecule has 0 aromatic heterocycles. The molecule has 19 heavy (non-hydrogen) atoms. The summed E-state index contributed by atoms with van der Waals surface area (Å²) in [6.07, 6.45) is 0.0935. The van der Waals surface area contributed by atoms with Crippen LogP contribution in [0, 0.1) is 0 Å². The van der Waals surface area contributed by atoms with Crippen LogP contribution >= 0.6 is 23.2 Å². The SMILES string of the molecule is COc1cc(Cl)c(CC(=O)NC(C)C)c(Cl)c1OC. The highest BCUT2D eigenvalue weighted by Crippen LogP contribution is 2.41. The van der Waals surface area contributed by atoms with Crippen molar-refractivity contribution in [1.82, 2.24) is 5.32 Å². The van der Waals surface area contributed by atoms with Crippen molar-refractivity contribution in [3.63, 3.8) is 0 Å². The first-order valence-corrected chi connectivity index (χ1v) is 6.54. The number of ether oxygens (including phenoxy) is 2. The molecule has 0 fully saturated rings. The van der Waals surface area contributed by atoms with Crippen LogP contribution in [0.3, 0.4) is 0 Å². The number of halogens is 2. The van der Waals surface area contributed by atoms with E-state index in [1.165, 1.54) is 14.2 Å². The van der Waals surface area contributed by atoms with Gasteiger partial charge < -0.3 is 14.8 Å². The number of hydrogen-bond donors (Lipinski definition) is 1. The topological polar surface area (TPSA) is 47.6 Å². The minimum atomic E-state index is -0.147. The lowest BCUT2D eigenvalue weighted by Crippen LogP contribution is -2.31. The normalized spacial score (nSPS) is 10.5. The van der Waals surface area contributed by atoms with E-state index in [1.807, 2.05) is 13.8 Å². The molecule has 1 amide bonds. The van der Waals surface area contributed by atoms with Crippen LogP contribution in [0.1, 0.15) is 19.4 Å². The molecule has 0 aliphatic heterocycles. The molecule has 1 aromatic carbocycles. The second kappa shape index (κ2) is 6.87. The average Bonchev–Trinajstić information content (AvgIpc) is 2.32. The second-order valence-corrected chi connectivity index (χ2v) is 5.07. The number of carbonyl (C=O) groups is 1. The van der Waals surface area contributed by atoms with Crippen LogP contribution in [0.25, 0.3) is 0 Å². The molecule has 0 atom stereocenters. The fourth-order valence-corrected chi connectivity index (χ4v) is 2.30. The van der Waals surface area contributed by atoms with Crippen LogP contribution in [0.5, 0.6) is 11.5 Å². The molecule has 0 aliphatic carbocycles. The summed E-state index contributed by atoms with van der Waals surface area (Å²) >= 11 is 12.3. The van der Waals surface area contributed by atoms with Gasteiger partial charge in [0.05, 0.1) is 25.7 Å². The van der Waals surface area contributed by atoms with Crippen molar-refractivity contribution in [2.45, 2.75) is 26.3 Å². The van der Waals surface area contributed by atoms with E-state index in [9.17, 15) is 4.79 Å². The standard InChI is InChI=1S/C13H17Cl2NO3/c1-7(2)16-11(17)5-8-9(14)6-10(18-3)13(19-4)12(8)15/h6-7H,5H2,1-4H3,(H,16,17). The van der Waals surface area contributed by atoms with Gasteiger partial charge in [-0.2, -0.15) is 0 Å². The van der Waals surface area contributed by atoms with E-state index in [2.05, 4.69) is 5.32 Å². The predicted molar refractivity (Wildman–Crippen MR) is 76.5 cm³/mol. The summed E-state index contributed by atoms with van der Waals surface area (Å²) in [6, 6.07) is 1.65. The maximum atomic E-state index is 11.8. The first-order chi connectivity index (χ1) is 8.90. The Kier molecular flexibility index (Phi) is 5.76. The van der Waals surface area contributed by atoms with Crippen LogP contribution < -0.4 is 14.8 Å². The molecule has 0 saturated heterocycles. The molecule has 0 spiro atoms. The fraction of sp³-hybridized carbons (Fsp3) is 0.462. The molecule has 1 aromatic rings. The van der Waals surface area contributed by atoms with Crippen LogP contribution in [0.4, 0.5) is 0 Å². The molecule has 6 heteroatoms. The molecule has 0 saturated carbocycles. The minimum absolute atomic E-state index is 0.0604. The average molecular weight is 306 g/mol. The van der Waals surface area contributed by atoms with Gasteiger partial charge in [-0.15, -0.1) is 0 Å². The molecular formula is C13H17Cl2NO3. The monoisotopic (exact) mass is 305 g/mol. The largest absolute Gasteiger partial charge is 0.493 e. The minimum Gasteiger partial charge on any atom is -0.493 e. The van der Waals surface area contributed by atoms with Crippen LogP contribution in [-0.4, -0.2) is 26.2 Å². The molecule has 0 bridgehead atoms. The summed E-state index contributed by atoms with van der Waals surface area (Å²) in [5.41, 5.74) is 0.527. The van der Waals surface area contributed by atoms with Gasteiger partial charge in [-0.05, 0) is 13.8 Å². The molecule has 0 heterocycles. The van der Waals surface area contributed by atoms with Gasteiger partial charge in [0.1, 0.15) is 0 Å². The van der Waals surface area contributed by atoms with E-state index in [-0.39, 0.29) is 18.4 Å². The number of rotatable bonds is 5. The van der Waals surface area contributed by atoms with Crippen molar-refractivity contribution in [1.29, 1.82) is 0 Å². The van der Waals surface area contributed by atoms with Gasteiger partial charge in [0, 0.05) is 22.7 Å². The maximum Gasteiger partial charge on any atom is 0.224 e. The van der Waals surface area contributed by atoms with E-state index < -0.39 is 0 Å². The Labute approximate surface area is 123 Å². The van der Waals surface area contributed by atoms with Gasteiger partial charge in [-0.3, -0.25) is 4.79 Å². The van der Waals surface area contributed by atoms with E-state index in [4.69, 9.17) is 32.7 Å². The highest BCUT2D eigenvalue weighted by molar-refractivity contribution is 6.37. The molecule has 0 aliphatic rings. The zero-order valence-electron chi connectivity index (χ0n) is 11.3. The number of carbonyl (C=O) groups excluding carboxylic acids is 1. The van der Waals surface area contributed by atoms with Gasteiger partial charge >= 0.3 is 0 Å². The van der Waals surface area contributed by atoms with Crippen molar-refractivity contribution in [2.75, 3.05) is 14.2 Å². The van der Waals surface area contributed by atoms with Gasteiger partial charge in [-0.1, -0.05) is 23.2 Å². The zero-order chi connectivity index (χ0) is 14.6. The summed E-state index contributed by atoms with van der Waals surface area (Å²) in [4.78, 5) is 11.8. The smallest absolute Gasteiger partial charge is 0.224 e. The number of nitrogens with one attached hydrogen (secondary N) is 1. The molecule has 4 nitrogen and oxygen atoms in total. The molecular weight excluding hydrogens is 289 g/mol. The van der Waals surface area contributed by atoms with E-state index in [0.717, 1.165) is 0 Å². The van der Waals surface area contributed by atoms with Crippen molar-refractivity contribution in [3.8, 4) is 11.5 Å². The zero-order valence-corrected chi connectivity index (χ0v) is 12.9. The number of hydrogen-bond acceptors (Lipinski definition) is 3. The van der Waals surface area contributed by atoms with Crippen LogP contribution in [0.15, 0.2) is 6.07 Å². The van der Waals surface area contributed by atoms with E-state index >= 15 is 0 Å². The molecule has 1 rings (SSSR count). The van der Waals surface area contributed by atoms with E-state index in [1.54, 1.807) is 6.07 Å². The summed E-state index contributed by atoms with van der Waals surface area (Å²) < 4.78 is 10.3. The second-order valence-electron chi connectivity index (χ2n) is 4.29. The lowest BCUT2D eigenvalue weighted by molar-refractivity contribution is -0.120. The third kappa shape index (κ3) is 3.91. The number of amides is 1. The first-order valence-electron chi connectivity index (χ1n) is 5.78. The Morgan fingerprint density at radius 3 is 2.42 bits per heavy atom. The summed E-state index contributed by atoms with van der Waals surface area (Å²) in [5, 5.41) is 3.46. The highest BCUT2D eigenvalue weighted by Gasteiger charge is 2.19. The van der Waals surface area contributed by atoms with Gasteiger partial charge in [-0.25, -0.2) is 0 Å². The summed E-state index contributed by atoms with van der Waals surface area (Å²) in [7, 11) is 2.98. The Bertz CT molecular complexity index is 475. The van der Waals surface area contributed by atoms with Crippen molar-refractivity contribution in [2.24, 2.45) is 0 Å². The highest BCUT2D eigenvalue weighted by atomic mass is 35.5. The van der Waals surface area contributed by atoms with Crippen molar-refractivity contribution >= 4 is 29.1 Å². The van der Waals surface area contributed by atoms with Crippen LogP contribution in [-0.2, 0) is 11.2 Å². The Morgan fingerprint density at radius 2 is 1.95 bits per heavy atom. The number of benzene rings is 1. The maximum absolute atomic E-state index is 11.8. The van der Waals surface area contributed by atoms with Gasteiger partial charge in [0.25, 0.3) is 0 Å². The Morgan fingerprint density at radius 1 is 1.32 bits per heavy atom. The number of methoxy groups -OCH3 is 2. The fourth-order valence-electron chi connectivity index (χ4n) is 1.66. The van der Waals surface area contributed by atoms with E-state index in [0.29, 0.717) is 27.1 Å². The summed E-state index contributed by atoms with van der Waals surface area (Å²) in [6.45, 7) is 3.77. The third-order valence-electron chi connectivity index (χ3n) is 2.45. The molecule has 0 unspecified atom stereocenters. The van der Waals surface area contributed by atoms with Gasteiger partial charge in [0.2, 0.25) is 5.91 Å². The summed E-state index contributed by atoms with van der Waals surface area (Å²) in [5.74, 6) is 0.664. The van der Waals surface area contributed by atoms with Crippen LogP contribution in [0.2, 0.25) is 10.0 Å². The van der Waals surface area contributed by atoms with Gasteiger partial charge in [0.15, 0.2) is 11.5 Å². The van der Waals surface area contributed by atoms with Crippen molar-refractivity contribution in [3.05, 3.63) is 21.7 Å².